The predicted octanol–water partition coefficient (Wildman–Crippen LogP) is 4.71. The summed E-state index contributed by atoms with van der Waals surface area (Å²) < 4.78 is 5.72. The number of allylic oxidation sites excluding steroid dienone is 2. The minimum Gasteiger partial charge on any atom is -0.458 e. The van der Waals surface area contributed by atoms with Crippen LogP contribution in [0.25, 0.3) is 0 Å². The number of ether oxygens (including phenoxy) is 1. The first-order chi connectivity index (χ1) is 8.54. The van der Waals surface area contributed by atoms with E-state index in [9.17, 15) is 4.79 Å². The van der Waals surface area contributed by atoms with Crippen LogP contribution in [0.4, 0.5) is 0 Å². The van der Waals surface area contributed by atoms with Gasteiger partial charge in [0.15, 0.2) is 0 Å². The van der Waals surface area contributed by atoms with Gasteiger partial charge in [-0.15, -0.1) is 0 Å². The van der Waals surface area contributed by atoms with Crippen LogP contribution in [0, 0.1) is 17.3 Å². The van der Waals surface area contributed by atoms with Crippen molar-refractivity contribution in [3.63, 3.8) is 0 Å². The van der Waals surface area contributed by atoms with E-state index in [4.69, 9.17) is 4.74 Å². The molecule has 4 heteroatoms. The molecule has 0 saturated heterocycles. The van der Waals surface area contributed by atoms with Crippen molar-refractivity contribution in [2.75, 3.05) is 5.33 Å². The van der Waals surface area contributed by atoms with Crippen LogP contribution >= 0.6 is 31.9 Å². The molecule has 0 aromatic carbocycles. The summed E-state index contributed by atoms with van der Waals surface area (Å²) in [6.45, 7) is 12.3. The van der Waals surface area contributed by atoms with Gasteiger partial charge in [-0.05, 0) is 39.0 Å². The number of carbonyl (C=O) groups excluding carboxylic acids is 1. The van der Waals surface area contributed by atoms with Gasteiger partial charge in [-0.2, -0.15) is 0 Å². The number of hydrogen-bond donors (Lipinski definition) is 0. The molecule has 3 atom stereocenters. The number of halogens is 2. The van der Waals surface area contributed by atoms with E-state index in [2.05, 4.69) is 65.6 Å². The maximum atomic E-state index is 12.4. The molecule has 1 rings (SSSR count). The van der Waals surface area contributed by atoms with E-state index in [1.165, 1.54) is 5.57 Å². The van der Waals surface area contributed by atoms with Crippen LogP contribution in [0.2, 0.25) is 0 Å². The summed E-state index contributed by atoms with van der Waals surface area (Å²) in [5.74, 6) is 0.207. The smallest absolute Gasteiger partial charge is 0.310 e. The highest BCUT2D eigenvalue weighted by Crippen LogP contribution is 2.60. The number of hydrogen-bond acceptors (Lipinski definition) is 2. The fraction of sp³-hybridized carbons (Fsp3) is 0.800. The van der Waals surface area contributed by atoms with Crippen molar-refractivity contribution in [2.24, 2.45) is 17.3 Å². The molecule has 1 aliphatic carbocycles. The first-order valence-corrected chi connectivity index (χ1v) is 8.65. The van der Waals surface area contributed by atoms with E-state index in [1.807, 2.05) is 13.8 Å². The van der Waals surface area contributed by atoms with Crippen molar-refractivity contribution in [1.29, 1.82) is 0 Å². The Bertz CT molecular complexity index is 382. The van der Waals surface area contributed by atoms with Crippen LogP contribution in [0.1, 0.15) is 41.5 Å². The lowest BCUT2D eigenvalue weighted by molar-refractivity contribution is -0.158. The molecule has 0 radical (unpaired) electrons. The Balaban J connectivity index is 2.73. The third-order valence-corrected chi connectivity index (χ3v) is 6.87. The van der Waals surface area contributed by atoms with Crippen molar-refractivity contribution < 1.29 is 9.53 Å². The van der Waals surface area contributed by atoms with E-state index in [0.717, 1.165) is 5.33 Å². The second-order valence-electron chi connectivity index (χ2n) is 6.72. The monoisotopic (exact) mass is 394 g/mol. The third-order valence-electron chi connectivity index (χ3n) is 3.93. The largest absolute Gasteiger partial charge is 0.458 e. The van der Waals surface area contributed by atoms with Crippen molar-refractivity contribution in [1.82, 2.24) is 0 Å². The van der Waals surface area contributed by atoms with E-state index >= 15 is 0 Å². The van der Waals surface area contributed by atoms with Gasteiger partial charge in [0, 0.05) is 5.33 Å². The molecule has 0 bridgehead atoms. The average molecular weight is 396 g/mol. The molecule has 0 heterocycles. The van der Waals surface area contributed by atoms with E-state index < -0.39 is 5.60 Å². The molecule has 0 aromatic rings. The average Bonchev–Trinajstić information content (AvgIpc) is 2.77. The van der Waals surface area contributed by atoms with Gasteiger partial charge in [-0.25, -0.2) is 0 Å². The van der Waals surface area contributed by atoms with Crippen LogP contribution in [-0.4, -0.2) is 21.7 Å². The van der Waals surface area contributed by atoms with Gasteiger partial charge in [0.05, 0.1) is 10.7 Å². The normalized spacial score (nSPS) is 26.5. The van der Waals surface area contributed by atoms with Gasteiger partial charge in [0.1, 0.15) is 5.60 Å². The van der Waals surface area contributed by atoms with Crippen LogP contribution in [0.5, 0.6) is 0 Å². The van der Waals surface area contributed by atoms with Crippen LogP contribution in [-0.2, 0) is 9.53 Å². The topological polar surface area (TPSA) is 26.3 Å². The van der Waals surface area contributed by atoms with Crippen molar-refractivity contribution >= 4 is 37.8 Å². The lowest BCUT2D eigenvalue weighted by Gasteiger charge is -2.29. The predicted molar refractivity (Wildman–Crippen MR) is 86.9 cm³/mol. The van der Waals surface area contributed by atoms with E-state index in [1.54, 1.807) is 0 Å². The zero-order valence-electron chi connectivity index (χ0n) is 12.6. The highest BCUT2D eigenvalue weighted by Gasteiger charge is 2.62. The van der Waals surface area contributed by atoms with Crippen LogP contribution < -0.4 is 0 Å². The highest BCUT2D eigenvalue weighted by atomic mass is 79.9. The minimum absolute atomic E-state index is 0.0145. The molecule has 0 amide bonds. The molecular formula is C15H24Br2O2. The molecular weight excluding hydrogens is 372 g/mol. The lowest BCUT2D eigenvalue weighted by Crippen LogP contribution is -2.39. The van der Waals surface area contributed by atoms with Gasteiger partial charge in [-0.1, -0.05) is 57.4 Å². The highest BCUT2D eigenvalue weighted by molar-refractivity contribution is 9.12. The first-order valence-electron chi connectivity index (χ1n) is 6.62. The molecule has 0 N–H and O–H groups in total. The number of carbonyl (C=O) groups is 1. The van der Waals surface area contributed by atoms with Crippen LogP contribution in [0.15, 0.2) is 11.6 Å². The molecule has 0 aromatic heterocycles. The second kappa shape index (κ2) is 5.88. The molecule has 19 heavy (non-hydrogen) atoms. The SMILES string of the molecule is CC(C)=C[C@@H]1[C@@H](C(=O)OC(C)(C)[C@H](Br)CBr)C1(C)C. The van der Waals surface area contributed by atoms with Gasteiger partial charge in [0.2, 0.25) is 0 Å². The molecule has 1 fully saturated rings. The molecule has 0 unspecified atom stereocenters. The Hall–Kier alpha value is 0.170. The number of esters is 1. The molecule has 0 spiro atoms. The fourth-order valence-electron chi connectivity index (χ4n) is 2.37. The van der Waals surface area contributed by atoms with Crippen LogP contribution in [0.3, 0.4) is 0 Å². The summed E-state index contributed by atoms with van der Waals surface area (Å²) in [6, 6.07) is 0. The van der Waals surface area contributed by atoms with Gasteiger partial charge < -0.3 is 4.74 Å². The Morgan fingerprint density at radius 3 is 2.37 bits per heavy atom. The molecule has 110 valence electrons. The van der Waals surface area contributed by atoms with Crippen molar-refractivity contribution in [3.05, 3.63) is 11.6 Å². The minimum atomic E-state index is -0.505. The maximum Gasteiger partial charge on any atom is 0.310 e. The summed E-state index contributed by atoms with van der Waals surface area (Å²) in [4.78, 5) is 12.5. The molecule has 0 aliphatic heterocycles. The number of rotatable bonds is 5. The zero-order chi connectivity index (χ0) is 15.0. The Kier molecular flexibility index (Phi) is 5.33. The Morgan fingerprint density at radius 2 is 1.95 bits per heavy atom. The Labute approximate surface area is 133 Å². The van der Waals surface area contributed by atoms with Gasteiger partial charge in [-0.3, -0.25) is 4.79 Å². The van der Waals surface area contributed by atoms with E-state index in [-0.39, 0.29) is 22.1 Å². The summed E-state index contributed by atoms with van der Waals surface area (Å²) >= 11 is 6.96. The van der Waals surface area contributed by atoms with Crippen molar-refractivity contribution in [3.8, 4) is 0 Å². The lowest BCUT2D eigenvalue weighted by atomic mass is 10.1. The summed E-state index contributed by atoms with van der Waals surface area (Å²) in [7, 11) is 0. The summed E-state index contributed by atoms with van der Waals surface area (Å²) in [5.41, 5.74) is 0.765. The number of alkyl halides is 2. The molecule has 1 aliphatic rings. The molecule has 2 nitrogen and oxygen atoms in total. The van der Waals surface area contributed by atoms with E-state index in [0.29, 0.717) is 5.92 Å². The second-order valence-corrected chi connectivity index (χ2v) is 8.47. The van der Waals surface area contributed by atoms with Gasteiger partial charge >= 0.3 is 5.97 Å². The molecule has 1 saturated carbocycles. The third kappa shape index (κ3) is 3.84. The first kappa shape index (κ1) is 17.2. The quantitative estimate of drug-likeness (QED) is 0.383. The van der Waals surface area contributed by atoms with Gasteiger partial charge in [0.25, 0.3) is 0 Å². The maximum absolute atomic E-state index is 12.4. The fourth-order valence-corrected chi connectivity index (χ4v) is 3.24. The summed E-state index contributed by atoms with van der Waals surface area (Å²) in [5, 5.41) is 0.749. The summed E-state index contributed by atoms with van der Waals surface area (Å²) in [6.07, 6.45) is 2.19. The van der Waals surface area contributed by atoms with Crippen molar-refractivity contribution in [2.45, 2.75) is 52.0 Å². The zero-order valence-corrected chi connectivity index (χ0v) is 15.8. The Morgan fingerprint density at radius 1 is 1.42 bits per heavy atom. The standard InChI is InChI=1S/C15H24Br2O2/c1-9(2)7-10-12(14(10,3)4)13(18)19-15(5,6)11(17)8-16/h7,10-12H,8H2,1-6H3/t10-,11-,12+/m1/s1.